The van der Waals surface area contributed by atoms with Crippen LogP contribution in [0.3, 0.4) is 0 Å². The lowest BCUT2D eigenvalue weighted by atomic mass is 9.90. The van der Waals surface area contributed by atoms with E-state index in [9.17, 15) is 4.79 Å². The van der Waals surface area contributed by atoms with E-state index in [1.165, 1.54) is 21.6 Å². The van der Waals surface area contributed by atoms with Gasteiger partial charge in [-0.3, -0.25) is 9.36 Å². The van der Waals surface area contributed by atoms with Crippen LogP contribution in [0.4, 0.5) is 0 Å². The minimum atomic E-state index is 0.140. The van der Waals surface area contributed by atoms with Crippen molar-refractivity contribution in [1.82, 2.24) is 9.55 Å². The Morgan fingerprint density at radius 2 is 2.08 bits per heavy atom. The minimum Gasteiger partial charge on any atom is -0.287 e. The maximum Gasteiger partial charge on any atom is 0.263 e. The molecule has 0 atom stereocenters. The standard InChI is InChI=1S/C21H24N2OS2/c1-4-23-20(24)17-16-10-9-14-7-5-6-8-15(14)18(16)26-19(17)22-21(23)25-12-11-13(2)3/h5-8,13H,4,9-12H2,1-3H3. The fourth-order valence-corrected chi connectivity index (χ4v) is 6.20. The van der Waals surface area contributed by atoms with Gasteiger partial charge in [-0.15, -0.1) is 11.3 Å². The topological polar surface area (TPSA) is 34.9 Å². The van der Waals surface area contributed by atoms with Gasteiger partial charge in [-0.1, -0.05) is 49.9 Å². The monoisotopic (exact) mass is 384 g/mol. The molecule has 2 heterocycles. The second-order valence-corrected chi connectivity index (χ2v) is 9.28. The van der Waals surface area contributed by atoms with E-state index in [-0.39, 0.29) is 5.56 Å². The Balaban J connectivity index is 1.85. The predicted molar refractivity (Wildman–Crippen MR) is 113 cm³/mol. The van der Waals surface area contributed by atoms with E-state index in [1.807, 2.05) is 11.5 Å². The molecule has 0 amide bonds. The first-order valence-electron chi connectivity index (χ1n) is 9.37. The van der Waals surface area contributed by atoms with Crippen LogP contribution >= 0.6 is 23.1 Å². The van der Waals surface area contributed by atoms with Crippen LogP contribution in [-0.2, 0) is 19.4 Å². The van der Waals surface area contributed by atoms with Crippen LogP contribution in [0.15, 0.2) is 34.2 Å². The molecular weight excluding hydrogens is 360 g/mol. The molecule has 3 nitrogen and oxygen atoms in total. The molecule has 0 aliphatic heterocycles. The Labute approximate surface area is 162 Å². The molecule has 2 aromatic heterocycles. The summed E-state index contributed by atoms with van der Waals surface area (Å²) in [5.41, 5.74) is 4.02. The van der Waals surface area contributed by atoms with Gasteiger partial charge in [0.05, 0.1) is 5.39 Å². The molecule has 1 aliphatic carbocycles. The second kappa shape index (κ2) is 7.20. The largest absolute Gasteiger partial charge is 0.287 e. The average molecular weight is 385 g/mol. The highest BCUT2D eigenvalue weighted by Crippen LogP contribution is 2.42. The maximum absolute atomic E-state index is 13.2. The molecular formula is C21H24N2OS2. The van der Waals surface area contributed by atoms with Gasteiger partial charge in [0.15, 0.2) is 5.16 Å². The molecule has 1 aromatic carbocycles. The summed E-state index contributed by atoms with van der Waals surface area (Å²) in [7, 11) is 0. The van der Waals surface area contributed by atoms with E-state index in [4.69, 9.17) is 4.98 Å². The molecule has 5 heteroatoms. The van der Waals surface area contributed by atoms with Crippen LogP contribution in [0.5, 0.6) is 0 Å². The first-order valence-corrected chi connectivity index (χ1v) is 11.2. The highest BCUT2D eigenvalue weighted by atomic mass is 32.2. The molecule has 0 fully saturated rings. The van der Waals surface area contributed by atoms with Gasteiger partial charge in [-0.2, -0.15) is 0 Å². The molecule has 0 spiro atoms. The number of thiophene rings is 1. The third-order valence-corrected chi connectivity index (χ3v) is 7.19. The van der Waals surface area contributed by atoms with Crippen LogP contribution < -0.4 is 5.56 Å². The second-order valence-electron chi connectivity index (χ2n) is 7.22. The van der Waals surface area contributed by atoms with E-state index in [2.05, 4.69) is 38.1 Å². The minimum absolute atomic E-state index is 0.140. The lowest BCUT2D eigenvalue weighted by molar-refractivity contribution is 0.620. The number of hydrogen-bond donors (Lipinski definition) is 0. The van der Waals surface area contributed by atoms with Gasteiger partial charge >= 0.3 is 0 Å². The van der Waals surface area contributed by atoms with Crippen molar-refractivity contribution < 1.29 is 0 Å². The fourth-order valence-electron chi connectivity index (χ4n) is 3.57. The first kappa shape index (κ1) is 17.8. The van der Waals surface area contributed by atoms with Gasteiger partial charge in [0.1, 0.15) is 4.83 Å². The van der Waals surface area contributed by atoms with E-state index in [0.29, 0.717) is 12.5 Å². The summed E-state index contributed by atoms with van der Waals surface area (Å²) in [6, 6.07) is 8.57. The Hall–Kier alpha value is -1.59. The van der Waals surface area contributed by atoms with Crippen LogP contribution in [0, 0.1) is 5.92 Å². The highest BCUT2D eigenvalue weighted by molar-refractivity contribution is 7.99. The third kappa shape index (κ3) is 3.01. The summed E-state index contributed by atoms with van der Waals surface area (Å²) < 4.78 is 1.86. The van der Waals surface area contributed by atoms with Gasteiger partial charge in [0, 0.05) is 17.2 Å². The molecule has 0 radical (unpaired) electrons. The zero-order chi connectivity index (χ0) is 18.3. The van der Waals surface area contributed by atoms with Crippen molar-refractivity contribution in [2.75, 3.05) is 5.75 Å². The molecule has 3 aromatic rings. The lowest BCUT2D eigenvalue weighted by Crippen LogP contribution is -2.23. The van der Waals surface area contributed by atoms with Crippen LogP contribution in [0.1, 0.15) is 38.3 Å². The summed E-state index contributed by atoms with van der Waals surface area (Å²) in [6.45, 7) is 7.17. The van der Waals surface area contributed by atoms with Gasteiger partial charge in [0.25, 0.3) is 5.56 Å². The molecule has 26 heavy (non-hydrogen) atoms. The summed E-state index contributed by atoms with van der Waals surface area (Å²) in [4.78, 5) is 20.3. The predicted octanol–water partition coefficient (Wildman–Crippen LogP) is 5.38. The Bertz CT molecular complexity index is 1020. The van der Waals surface area contributed by atoms with Crippen molar-refractivity contribution in [3.63, 3.8) is 0 Å². The number of hydrogen-bond acceptors (Lipinski definition) is 4. The van der Waals surface area contributed by atoms with Crippen molar-refractivity contribution >= 4 is 33.3 Å². The molecule has 0 N–H and O–H groups in total. The average Bonchev–Trinajstić information content (AvgIpc) is 3.00. The molecule has 0 unspecified atom stereocenters. The molecule has 0 saturated heterocycles. The van der Waals surface area contributed by atoms with Crippen molar-refractivity contribution in [1.29, 1.82) is 0 Å². The summed E-state index contributed by atoms with van der Waals surface area (Å²) >= 11 is 3.41. The van der Waals surface area contributed by atoms with E-state index in [0.717, 1.165) is 40.4 Å². The van der Waals surface area contributed by atoms with Gasteiger partial charge in [-0.05, 0) is 48.8 Å². The van der Waals surface area contributed by atoms with Crippen molar-refractivity contribution in [3.8, 4) is 10.4 Å². The van der Waals surface area contributed by atoms with E-state index >= 15 is 0 Å². The van der Waals surface area contributed by atoms with Gasteiger partial charge in [0.2, 0.25) is 0 Å². The summed E-state index contributed by atoms with van der Waals surface area (Å²) in [6.07, 6.45) is 3.08. The number of nitrogens with zero attached hydrogens (tertiary/aromatic N) is 2. The van der Waals surface area contributed by atoms with Crippen molar-refractivity contribution in [3.05, 3.63) is 45.7 Å². The number of fused-ring (bicyclic) bond motifs is 5. The zero-order valence-electron chi connectivity index (χ0n) is 15.5. The van der Waals surface area contributed by atoms with Gasteiger partial charge < -0.3 is 0 Å². The zero-order valence-corrected chi connectivity index (χ0v) is 17.2. The van der Waals surface area contributed by atoms with Crippen LogP contribution in [0.2, 0.25) is 0 Å². The number of aryl methyl sites for hydroxylation is 2. The molecule has 0 bridgehead atoms. The quantitative estimate of drug-likeness (QED) is 0.437. The van der Waals surface area contributed by atoms with E-state index in [1.54, 1.807) is 23.1 Å². The number of benzene rings is 1. The highest BCUT2D eigenvalue weighted by Gasteiger charge is 2.24. The smallest absolute Gasteiger partial charge is 0.263 e. The lowest BCUT2D eigenvalue weighted by Gasteiger charge is -2.16. The van der Waals surface area contributed by atoms with Crippen LogP contribution in [0.25, 0.3) is 20.7 Å². The normalized spacial score (nSPS) is 13.2. The summed E-state index contributed by atoms with van der Waals surface area (Å²) in [5, 5.41) is 1.73. The third-order valence-electron chi connectivity index (χ3n) is 5.02. The molecule has 136 valence electrons. The summed E-state index contributed by atoms with van der Waals surface area (Å²) in [5.74, 6) is 1.67. The number of thioether (sulfide) groups is 1. The Kier molecular flexibility index (Phi) is 4.93. The number of rotatable bonds is 5. The molecule has 1 aliphatic rings. The number of aromatic nitrogens is 2. The molecule has 4 rings (SSSR count). The van der Waals surface area contributed by atoms with Crippen LogP contribution in [-0.4, -0.2) is 15.3 Å². The van der Waals surface area contributed by atoms with Crippen molar-refractivity contribution in [2.24, 2.45) is 5.92 Å². The first-order chi connectivity index (χ1) is 12.6. The Morgan fingerprint density at radius 3 is 2.85 bits per heavy atom. The van der Waals surface area contributed by atoms with E-state index < -0.39 is 0 Å². The SMILES string of the molecule is CCn1c(SCCC(C)C)nc2sc3c(c2c1=O)CCc1ccccc1-3. The fraction of sp³-hybridized carbons (Fsp3) is 0.429. The van der Waals surface area contributed by atoms with Gasteiger partial charge in [-0.25, -0.2) is 4.98 Å². The molecule has 0 saturated carbocycles. The maximum atomic E-state index is 13.2. The Morgan fingerprint density at radius 1 is 1.27 bits per heavy atom. The van der Waals surface area contributed by atoms with Crippen molar-refractivity contribution in [2.45, 2.75) is 51.7 Å².